The van der Waals surface area contributed by atoms with E-state index < -0.39 is 11.7 Å². The van der Waals surface area contributed by atoms with Crippen LogP contribution < -0.4 is 5.32 Å². The molecule has 20 heavy (non-hydrogen) atoms. The summed E-state index contributed by atoms with van der Waals surface area (Å²) in [5.41, 5.74) is -0.200. The molecule has 0 saturated carbocycles. The van der Waals surface area contributed by atoms with E-state index in [2.05, 4.69) is 5.32 Å². The van der Waals surface area contributed by atoms with Crippen LogP contribution in [-0.2, 0) is 12.7 Å². The third-order valence-electron chi connectivity index (χ3n) is 3.04. The molecule has 0 aliphatic heterocycles. The van der Waals surface area contributed by atoms with Gasteiger partial charge in [-0.05, 0) is 37.1 Å². The number of nitrogens with one attached hydrogen (secondary N) is 1. The Balaban J connectivity index is 2.95. The summed E-state index contributed by atoms with van der Waals surface area (Å²) in [6, 6.07) is 4.66. The fourth-order valence-corrected chi connectivity index (χ4v) is 2.73. The standard InChI is InChI=1S/C15H22F3NS/c1-4-8-19-10-12-6-7-13(20-11(3)5-2)9-14(12)15(16,17)18/h6-7,9,11,19H,4-5,8,10H2,1-3H3. The lowest BCUT2D eigenvalue weighted by Crippen LogP contribution is -2.18. The van der Waals surface area contributed by atoms with Crippen LogP contribution >= 0.6 is 11.8 Å². The van der Waals surface area contributed by atoms with Crippen molar-refractivity contribution in [2.75, 3.05) is 6.54 Å². The van der Waals surface area contributed by atoms with Gasteiger partial charge in [0.05, 0.1) is 5.56 Å². The summed E-state index contributed by atoms with van der Waals surface area (Å²) >= 11 is 1.49. The van der Waals surface area contributed by atoms with E-state index in [0.717, 1.165) is 19.4 Å². The first-order chi connectivity index (χ1) is 9.38. The number of halogens is 3. The topological polar surface area (TPSA) is 12.0 Å². The molecule has 0 saturated heterocycles. The van der Waals surface area contributed by atoms with Crippen molar-refractivity contribution in [2.24, 2.45) is 0 Å². The van der Waals surface area contributed by atoms with Crippen molar-refractivity contribution < 1.29 is 13.2 Å². The van der Waals surface area contributed by atoms with Crippen LogP contribution in [0, 0.1) is 0 Å². The van der Waals surface area contributed by atoms with Crippen LogP contribution in [0.1, 0.15) is 44.7 Å². The second-order valence-electron chi connectivity index (χ2n) is 4.83. The van der Waals surface area contributed by atoms with Crippen molar-refractivity contribution in [1.29, 1.82) is 0 Å². The first kappa shape index (κ1) is 17.4. The molecular formula is C15H22F3NS. The normalized spacial score (nSPS) is 13.5. The van der Waals surface area contributed by atoms with Gasteiger partial charge in [0, 0.05) is 16.7 Å². The number of hydrogen-bond donors (Lipinski definition) is 1. The van der Waals surface area contributed by atoms with E-state index >= 15 is 0 Å². The van der Waals surface area contributed by atoms with E-state index in [1.54, 1.807) is 12.1 Å². The van der Waals surface area contributed by atoms with Crippen molar-refractivity contribution in [3.05, 3.63) is 29.3 Å². The summed E-state index contributed by atoms with van der Waals surface area (Å²) in [6.45, 7) is 7.03. The minimum atomic E-state index is -4.30. The Hall–Kier alpha value is -0.680. The summed E-state index contributed by atoms with van der Waals surface area (Å²) in [4.78, 5) is 0.686. The van der Waals surface area contributed by atoms with E-state index in [0.29, 0.717) is 15.7 Å². The Morgan fingerprint density at radius 3 is 2.50 bits per heavy atom. The number of rotatable bonds is 7. The number of hydrogen-bond acceptors (Lipinski definition) is 2. The number of thioether (sulfide) groups is 1. The largest absolute Gasteiger partial charge is 0.416 e. The molecule has 0 fully saturated rings. The smallest absolute Gasteiger partial charge is 0.313 e. The van der Waals surface area contributed by atoms with Crippen LogP contribution in [0.2, 0.25) is 0 Å². The molecule has 1 rings (SSSR count). The lowest BCUT2D eigenvalue weighted by molar-refractivity contribution is -0.138. The highest BCUT2D eigenvalue weighted by molar-refractivity contribution is 7.99. The molecule has 0 aliphatic carbocycles. The van der Waals surface area contributed by atoms with E-state index in [-0.39, 0.29) is 6.54 Å². The third-order valence-corrected chi connectivity index (χ3v) is 4.30. The molecule has 0 aromatic heterocycles. The maximum absolute atomic E-state index is 13.1. The SMILES string of the molecule is CCCNCc1ccc(SC(C)CC)cc1C(F)(F)F. The predicted octanol–water partition coefficient (Wildman–Crippen LogP) is 5.10. The second-order valence-corrected chi connectivity index (χ2v) is 6.34. The molecule has 1 atom stereocenters. The summed E-state index contributed by atoms with van der Waals surface area (Å²) in [7, 11) is 0. The zero-order chi connectivity index (χ0) is 15.2. The van der Waals surface area contributed by atoms with Crippen molar-refractivity contribution >= 4 is 11.8 Å². The Bertz CT molecular complexity index is 418. The lowest BCUT2D eigenvalue weighted by Gasteiger charge is -2.16. The van der Waals surface area contributed by atoms with Crippen molar-refractivity contribution in [3.8, 4) is 0 Å². The van der Waals surface area contributed by atoms with Gasteiger partial charge >= 0.3 is 6.18 Å². The number of alkyl halides is 3. The minimum Gasteiger partial charge on any atom is -0.313 e. The van der Waals surface area contributed by atoms with Gasteiger partial charge < -0.3 is 5.32 Å². The van der Waals surface area contributed by atoms with Crippen molar-refractivity contribution in [3.63, 3.8) is 0 Å². The van der Waals surface area contributed by atoms with Gasteiger partial charge in [0.2, 0.25) is 0 Å². The van der Waals surface area contributed by atoms with Gasteiger partial charge in [-0.25, -0.2) is 0 Å². The molecule has 5 heteroatoms. The summed E-state index contributed by atoms with van der Waals surface area (Å²) < 4.78 is 39.4. The average Bonchev–Trinajstić information content (AvgIpc) is 2.39. The molecule has 1 N–H and O–H groups in total. The Morgan fingerprint density at radius 2 is 1.95 bits per heavy atom. The average molecular weight is 305 g/mol. The lowest BCUT2D eigenvalue weighted by atomic mass is 10.1. The Kier molecular flexibility index (Phi) is 6.89. The summed E-state index contributed by atoms with van der Waals surface area (Å²) in [5, 5.41) is 3.35. The van der Waals surface area contributed by atoms with Gasteiger partial charge in [0.15, 0.2) is 0 Å². The van der Waals surface area contributed by atoms with Crippen LogP contribution in [-0.4, -0.2) is 11.8 Å². The monoisotopic (exact) mass is 305 g/mol. The van der Waals surface area contributed by atoms with Crippen LogP contribution in [0.25, 0.3) is 0 Å². The summed E-state index contributed by atoms with van der Waals surface area (Å²) in [5.74, 6) is 0. The van der Waals surface area contributed by atoms with Gasteiger partial charge in [-0.1, -0.05) is 26.8 Å². The molecule has 1 unspecified atom stereocenters. The first-order valence-corrected chi connectivity index (χ1v) is 7.83. The first-order valence-electron chi connectivity index (χ1n) is 6.96. The Morgan fingerprint density at radius 1 is 1.25 bits per heavy atom. The highest BCUT2D eigenvalue weighted by atomic mass is 32.2. The van der Waals surface area contributed by atoms with Crippen molar-refractivity contribution in [1.82, 2.24) is 5.32 Å². The highest BCUT2D eigenvalue weighted by Gasteiger charge is 2.33. The maximum atomic E-state index is 13.1. The van der Waals surface area contributed by atoms with Crippen LogP contribution in [0.15, 0.2) is 23.1 Å². The molecule has 0 spiro atoms. The molecule has 0 heterocycles. The van der Waals surface area contributed by atoms with E-state index in [1.807, 2.05) is 20.8 Å². The zero-order valence-electron chi connectivity index (χ0n) is 12.2. The van der Waals surface area contributed by atoms with Crippen molar-refractivity contribution in [2.45, 2.75) is 56.5 Å². The Labute approximate surface area is 123 Å². The zero-order valence-corrected chi connectivity index (χ0v) is 13.0. The molecule has 0 aliphatic rings. The van der Waals surface area contributed by atoms with Gasteiger partial charge in [0.25, 0.3) is 0 Å². The number of benzene rings is 1. The molecule has 0 bridgehead atoms. The quantitative estimate of drug-likeness (QED) is 0.556. The molecular weight excluding hydrogens is 283 g/mol. The minimum absolute atomic E-state index is 0.261. The molecule has 0 radical (unpaired) electrons. The molecule has 1 aromatic carbocycles. The fourth-order valence-electron chi connectivity index (χ4n) is 1.76. The predicted molar refractivity (Wildman–Crippen MR) is 79.1 cm³/mol. The molecule has 1 aromatic rings. The molecule has 0 amide bonds. The molecule has 1 nitrogen and oxygen atoms in total. The molecule has 114 valence electrons. The van der Waals surface area contributed by atoms with Crippen LogP contribution in [0.3, 0.4) is 0 Å². The second kappa shape index (κ2) is 7.93. The van der Waals surface area contributed by atoms with Gasteiger partial charge in [0.1, 0.15) is 0 Å². The van der Waals surface area contributed by atoms with E-state index in [4.69, 9.17) is 0 Å². The highest BCUT2D eigenvalue weighted by Crippen LogP contribution is 2.36. The van der Waals surface area contributed by atoms with Crippen LogP contribution in [0.4, 0.5) is 13.2 Å². The fraction of sp³-hybridized carbons (Fsp3) is 0.600. The third kappa shape index (κ3) is 5.37. The van der Waals surface area contributed by atoms with Gasteiger partial charge in [-0.2, -0.15) is 13.2 Å². The maximum Gasteiger partial charge on any atom is 0.416 e. The van der Waals surface area contributed by atoms with Gasteiger partial charge in [-0.3, -0.25) is 0 Å². The van der Waals surface area contributed by atoms with E-state index in [1.165, 1.54) is 17.8 Å². The van der Waals surface area contributed by atoms with Gasteiger partial charge in [-0.15, -0.1) is 11.8 Å². The van der Waals surface area contributed by atoms with E-state index in [9.17, 15) is 13.2 Å². The van der Waals surface area contributed by atoms with Crippen LogP contribution in [0.5, 0.6) is 0 Å². The summed E-state index contributed by atoms with van der Waals surface area (Å²) in [6.07, 6.45) is -2.45.